The largest absolute Gasteiger partial charge is 0.497 e. The van der Waals surface area contributed by atoms with Gasteiger partial charge in [0.25, 0.3) is 0 Å². The summed E-state index contributed by atoms with van der Waals surface area (Å²) in [4.78, 5) is 12.7. The van der Waals surface area contributed by atoms with E-state index in [1.54, 1.807) is 51.3 Å². The molecule has 0 aliphatic heterocycles. The average Bonchev–Trinajstić information content (AvgIpc) is 2.55. The second-order valence-corrected chi connectivity index (χ2v) is 5.65. The minimum absolute atomic E-state index is 0.226. The van der Waals surface area contributed by atoms with E-state index in [4.69, 9.17) is 9.47 Å². The van der Waals surface area contributed by atoms with Crippen LogP contribution in [0.5, 0.6) is 11.5 Å². The zero-order chi connectivity index (χ0) is 17.0. The molecule has 122 valence electrons. The van der Waals surface area contributed by atoms with E-state index in [2.05, 4.69) is 5.32 Å². The van der Waals surface area contributed by atoms with Crippen molar-refractivity contribution in [3.05, 3.63) is 53.8 Å². The second kappa shape index (κ2) is 6.69. The highest BCUT2D eigenvalue weighted by Crippen LogP contribution is 2.31. The van der Waals surface area contributed by atoms with E-state index in [1.165, 1.54) is 19.2 Å². The number of ether oxygens (including phenoxy) is 2. The Hall–Kier alpha value is -2.56. The van der Waals surface area contributed by atoms with Gasteiger partial charge in [0.2, 0.25) is 5.91 Å². The highest BCUT2D eigenvalue weighted by Gasteiger charge is 2.30. The molecule has 0 radical (unpaired) electrons. The molecule has 0 saturated carbocycles. The molecular weight excluding hydrogens is 297 g/mol. The van der Waals surface area contributed by atoms with Crippen LogP contribution in [0.4, 0.5) is 10.1 Å². The number of carbonyl (C=O) groups excluding carboxylic acids is 1. The number of carbonyl (C=O) groups is 1. The van der Waals surface area contributed by atoms with E-state index in [0.717, 1.165) is 5.56 Å². The van der Waals surface area contributed by atoms with E-state index in [1.807, 2.05) is 0 Å². The molecule has 2 rings (SSSR count). The van der Waals surface area contributed by atoms with Gasteiger partial charge in [-0.25, -0.2) is 4.39 Å². The Morgan fingerprint density at radius 3 is 2.26 bits per heavy atom. The van der Waals surface area contributed by atoms with Gasteiger partial charge in [-0.1, -0.05) is 12.1 Å². The van der Waals surface area contributed by atoms with Crippen molar-refractivity contribution in [3.8, 4) is 11.5 Å². The predicted octanol–water partition coefficient (Wildman–Crippen LogP) is 3.76. The molecule has 2 aromatic carbocycles. The monoisotopic (exact) mass is 317 g/mol. The SMILES string of the molecule is COc1ccc(OC)c(NC(=O)C(C)(C)c2ccc(F)cc2)c1. The molecule has 0 atom stereocenters. The van der Waals surface area contributed by atoms with Gasteiger partial charge in [-0.15, -0.1) is 0 Å². The lowest BCUT2D eigenvalue weighted by Crippen LogP contribution is -2.34. The maximum atomic E-state index is 13.1. The molecule has 0 heterocycles. The van der Waals surface area contributed by atoms with Gasteiger partial charge in [0.15, 0.2) is 0 Å². The number of anilines is 1. The number of amides is 1. The lowest BCUT2D eigenvalue weighted by molar-refractivity contribution is -0.120. The van der Waals surface area contributed by atoms with Gasteiger partial charge >= 0.3 is 0 Å². The fraction of sp³-hybridized carbons (Fsp3) is 0.278. The molecule has 0 fully saturated rings. The van der Waals surface area contributed by atoms with Crippen LogP contribution in [-0.2, 0) is 10.2 Å². The van der Waals surface area contributed by atoms with Crippen molar-refractivity contribution in [2.45, 2.75) is 19.3 Å². The lowest BCUT2D eigenvalue weighted by atomic mass is 9.83. The first kappa shape index (κ1) is 16.8. The zero-order valence-corrected chi connectivity index (χ0v) is 13.6. The van der Waals surface area contributed by atoms with Crippen LogP contribution in [0.2, 0.25) is 0 Å². The van der Waals surface area contributed by atoms with Crippen LogP contribution in [0.15, 0.2) is 42.5 Å². The molecule has 0 aliphatic rings. The Morgan fingerprint density at radius 2 is 1.70 bits per heavy atom. The molecular formula is C18H20FNO3. The third-order valence-electron chi connectivity index (χ3n) is 3.79. The number of halogens is 1. The fourth-order valence-corrected chi connectivity index (χ4v) is 2.19. The van der Waals surface area contributed by atoms with Crippen molar-refractivity contribution in [1.29, 1.82) is 0 Å². The van der Waals surface area contributed by atoms with Crippen molar-refractivity contribution in [2.24, 2.45) is 0 Å². The highest BCUT2D eigenvalue weighted by molar-refractivity contribution is 5.99. The maximum Gasteiger partial charge on any atom is 0.234 e. The van der Waals surface area contributed by atoms with Crippen LogP contribution in [0, 0.1) is 5.82 Å². The van der Waals surface area contributed by atoms with Gasteiger partial charge in [-0.2, -0.15) is 0 Å². The second-order valence-electron chi connectivity index (χ2n) is 5.65. The third kappa shape index (κ3) is 3.62. The summed E-state index contributed by atoms with van der Waals surface area (Å²) in [7, 11) is 3.08. The van der Waals surface area contributed by atoms with Gasteiger partial charge in [-0.05, 0) is 43.7 Å². The third-order valence-corrected chi connectivity index (χ3v) is 3.79. The summed E-state index contributed by atoms with van der Waals surface area (Å²) in [6, 6.07) is 11.1. The first-order valence-corrected chi connectivity index (χ1v) is 7.18. The molecule has 5 heteroatoms. The van der Waals surface area contributed by atoms with Gasteiger partial charge in [0.05, 0.1) is 25.3 Å². The Labute approximate surface area is 135 Å². The molecule has 4 nitrogen and oxygen atoms in total. The normalized spacial score (nSPS) is 11.0. The predicted molar refractivity (Wildman–Crippen MR) is 87.6 cm³/mol. The number of nitrogens with one attached hydrogen (secondary N) is 1. The summed E-state index contributed by atoms with van der Waals surface area (Å²) in [6.07, 6.45) is 0. The summed E-state index contributed by atoms with van der Waals surface area (Å²) in [5.74, 6) is 0.588. The first-order chi connectivity index (χ1) is 10.9. The molecule has 1 amide bonds. The lowest BCUT2D eigenvalue weighted by Gasteiger charge is -2.25. The Kier molecular flexibility index (Phi) is 4.89. The van der Waals surface area contributed by atoms with Crippen molar-refractivity contribution in [2.75, 3.05) is 19.5 Å². The van der Waals surface area contributed by atoms with Crippen molar-refractivity contribution in [3.63, 3.8) is 0 Å². The molecule has 0 spiro atoms. The summed E-state index contributed by atoms with van der Waals surface area (Å²) in [5.41, 5.74) is 0.409. The zero-order valence-electron chi connectivity index (χ0n) is 13.6. The van der Waals surface area contributed by atoms with E-state index in [-0.39, 0.29) is 11.7 Å². The number of rotatable bonds is 5. The Morgan fingerprint density at radius 1 is 1.04 bits per heavy atom. The van der Waals surface area contributed by atoms with E-state index < -0.39 is 5.41 Å². The number of benzene rings is 2. The van der Waals surface area contributed by atoms with E-state index >= 15 is 0 Å². The topological polar surface area (TPSA) is 47.6 Å². The molecule has 0 aliphatic carbocycles. The summed E-state index contributed by atoms with van der Waals surface area (Å²) in [6.45, 7) is 3.56. The standard InChI is InChI=1S/C18H20FNO3/c1-18(2,12-5-7-13(19)8-6-12)17(21)20-15-11-14(22-3)9-10-16(15)23-4/h5-11H,1-4H3,(H,20,21). The Bertz CT molecular complexity index is 696. The summed E-state index contributed by atoms with van der Waals surface area (Å²) in [5, 5.41) is 2.85. The Balaban J connectivity index is 2.28. The smallest absolute Gasteiger partial charge is 0.234 e. The van der Waals surface area contributed by atoms with E-state index in [9.17, 15) is 9.18 Å². The van der Waals surface area contributed by atoms with Crippen LogP contribution in [0.3, 0.4) is 0 Å². The fourth-order valence-electron chi connectivity index (χ4n) is 2.19. The molecule has 23 heavy (non-hydrogen) atoms. The van der Waals surface area contributed by atoms with Gasteiger partial charge in [0.1, 0.15) is 17.3 Å². The molecule has 0 unspecified atom stereocenters. The van der Waals surface area contributed by atoms with Crippen LogP contribution < -0.4 is 14.8 Å². The van der Waals surface area contributed by atoms with E-state index in [0.29, 0.717) is 17.2 Å². The van der Waals surface area contributed by atoms with Crippen LogP contribution in [0.1, 0.15) is 19.4 Å². The number of methoxy groups -OCH3 is 2. The molecule has 0 saturated heterocycles. The molecule has 2 aromatic rings. The summed E-state index contributed by atoms with van der Waals surface area (Å²) >= 11 is 0. The minimum Gasteiger partial charge on any atom is -0.497 e. The van der Waals surface area contributed by atoms with Crippen molar-refractivity contribution < 1.29 is 18.7 Å². The number of hydrogen-bond acceptors (Lipinski definition) is 3. The van der Waals surface area contributed by atoms with Gasteiger partial charge in [0, 0.05) is 6.07 Å². The average molecular weight is 317 g/mol. The van der Waals surface area contributed by atoms with Gasteiger partial charge < -0.3 is 14.8 Å². The van der Waals surface area contributed by atoms with Crippen LogP contribution in [-0.4, -0.2) is 20.1 Å². The van der Waals surface area contributed by atoms with Crippen molar-refractivity contribution in [1.82, 2.24) is 0 Å². The maximum absolute atomic E-state index is 13.1. The van der Waals surface area contributed by atoms with Gasteiger partial charge in [-0.3, -0.25) is 4.79 Å². The molecule has 1 N–H and O–H groups in total. The molecule has 0 aromatic heterocycles. The minimum atomic E-state index is -0.832. The number of hydrogen-bond donors (Lipinski definition) is 1. The van der Waals surface area contributed by atoms with Crippen LogP contribution in [0.25, 0.3) is 0 Å². The summed E-state index contributed by atoms with van der Waals surface area (Å²) < 4.78 is 23.5. The molecule has 0 bridgehead atoms. The quantitative estimate of drug-likeness (QED) is 0.913. The highest BCUT2D eigenvalue weighted by atomic mass is 19.1. The van der Waals surface area contributed by atoms with Crippen LogP contribution >= 0.6 is 0 Å². The first-order valence-electron chi connectivity index (χ1n) is 7.18. The van der Waals surface area contributed by atoms with Crippen molar-refractivity contribution >= 4 is 11.6 Å².